The van der Waals surface area contributed by atoms with Crippen molar-refractivity contribution in [2.75, 3.05) is 33.5 Å². The van der Waals surface area contributed by atoms with Crippen LogP contribution in [0.2, 0.25) is 0 Å². The number of benzene rings is 1. The van der Waals surface area contributed by atoms with Crippen LogP contribution in [0.5, 0.6) is 17.6 Å². The molecule has 2 aliphatic rings. The van der Waals surface area contributed by atoms with Gasteiger partial charge in [-0.15, -0.1) is 0 Å². The number of amides is 1. The highest BCUT2D eigenvalue weighted by molar-refractivity contribution is 5.94. The Labute approximate surface area is 203 Å². The number of methoxy groups -OCH3 is 1. The Hall–Kier alpha value is -3.72. The Morgan fingerprint density at radius 2 is 1.91 bits per heavy atom. The Morgan fingerprint density at radius 1 is 1.09 bits per heavy atom. The average Bonchev–Trinajstić information content (AvgIpc) is 2.92. The first kappa shape index (κ1) is 23.0. The van der Waals surface area contributed by atoms with Gasteiger partial charge in [-0.1, -0.05) is 12.1 Å². The second-order valence-electron chi connectivity index (χ2n) is 8.68. The van der Waals surface area contributed by atoms with Gasteiger partial charge in [-0.25, -0.2) is 15.0 Å². The lowest BCUT2D eigenvalue weighted by atomic mass is 9.94. The van der Waals surface area contributed by atoms with E-state index in [2.05, 4.69) is 20.3 Å². The molecule has 9 nitrogen and oxygen atoms in total. The Morgan fingerprint density at radius 3 is 2.66 bits per heavy atom. The van der Waals surface area contributed by atoms with Crippen molar-refractivity contribution in [2.45, 2.75) is 25.3 Å². The maximum absolute atomic E-state index is 12.9. The van der Waals surface area contributed by atoms with E-state index in [1.807, 2.05) is 18.2 Å². The molecule has 0 saturated carbocycles. The summed E-state index contributed by atoms with van der Waals surface area (Å²) in [7, 11) is 1.53. The van der Waals surface area contributed by atoms with Crippen LogP contribution < -0.4 is 19.5 Å². The zero-order valence-corrected chi connectivity index (χ0v) is 19.6. The summed E-state index contributed by atoms with van der Waals surface area (Å²) < 4.78 is 22.2. The molecular formula is C26H28N4O5. The number of nitrogens with one attached hydrogen (secondary N) is 1. The minimum Gasteiger partial charge on any atom is -0.491 e. The quantitative estimate of drug-likeness (QED) is 0.555. The maximum atomic E-state index is 12.9. The lowest BCUT2D eigenvalue weighted by Crippen LogP contribution is -2.42. The van der Waals surface area contributed by atoms with E-state index in [1.165, 1.54) is 7.11 Å². The first-order valence-corrected chi connectivity index (χ1v) is 11.8. The van der Waals surface area contributed by atoms with Gasteiger partial charge in [0.2, 0.25) is 5.88 Å². The summed E-state index contributed by atoms with van der Waals surface area (Å²) >= 11 is 0. The summed E-state index contributed by atoms with van der Waals surface area (Å²) in [6.07, 6.45) is 7.62. The molecule has 3 aromatic rings. The Balaban J connectivity index is 1.21. The van der Waals surface area contributed by atoms with Crippen molar-refractivity contribution in [3.05, 3.63) is 60.0 Å². The summed E-state index contributed by atoms with van der Waals surface area (Å²) in [6.45, 7) is 2.57. The molecule has 1 fully saturated rings. The van der Waals surface area contributed by atoms with E-state index in [0.29, 0.717) is 43.0 Å². The van der Waals surface area contributed by atoms with E-state index >= 15 is 0 Å². The maximum Gasteiger partial charge on any atom is 0.316 e. The van der Waals surface area contributed by atoms with Crippen LogP contribution in [0, 0.1) is 5.92 Å². The van der Waals surface area contributed by atoms with Gasteiger partial charge >= 0.3 is 6.01 Å². The minimum atomic E-state index is -0.198. The predicted molar refractivity (Wildman–Crippen MR) is 128 cm³/mol. The largest absolute Gasteiger partial charge is 0.491 e. The summed E-state index contributed by atoms with van der Waals surface area (Å²) in [5, 5.41) is 3.07. The molecule has 5 rings (SSSR count). The standard InChI is InChI=1S/C26H28N4O5/c1-32-26-28-13-19(14-29-26)21-3-2-4-23-22(21)11-20(16-34-23)30-25(31)18-5-6-24(27-12-18)35-15-17-7-9-33-10-8-17/h2-6,12-14,17,20H,7-11,15-16H2,1H3,(H,30,31)/t20-/m0/s1. The number of fused-ring (bicyclic) bond motifs is 1. The van der Waals surface area contributed by atoms with Crippen molar-refractivity contribution < 1.29 is 23.7 Å². The van der Waals surface area contributed by atoms with E-state index in [9.17, 15) is 4.79 Å². The van der Waals surface area contributed by atoms with Gasteiger partial charge in [-0.3, -0.25) is 4.79 Å². The van der Waals surface area contributed by atoms with Crippen LogP contribution in [0.15, 0.2) is 48.9 Å². The molecule has 2 aromatic heterocycles. The van der Waals surface area contributed by atoms with Crippen LogP contribution >= 0.6 is 0 Å². The lowest BCUT2D eigenvalue weighted by molar-refractivity contribution is 0.0490. The molecule has 0 aliphatic carbocycles. The van der Waals surface area contributed by atoms with Gasteiger partial charge < -0.3 is 24.3 Å². The van der Waals surface area contributed by atoms with Crippen LogP contribution in [0.4, 0.5) is 0 Å². The Kier molecular flexibility index (Phi) is 7.04. The summed E-state index contributed by atoms with van der Waals surface area (Å²) in [6, 6.07) is 9.48. The third-order valence-electron chi connectivity index (χ3n) is 6.29. The second-order valence-corrected chi connectivity index (χ2v) is 8.68. The normalized spacial score (nSPS) is 17.7. The van der Waals surface area contributed by atoms with Crippen LogP contribution in [0.25, 0.3) is 11.1 Å². The first-order chi connectivity index (χ1) is 17.2. The predicted octanol–water partition coefficient (Wildman–Crippen LogP) is 3.09. The molecule has 1 N–H and O–H groups in total. The van der Waals surface area contributed by atoms with Gasteiger partial charge in [0.05, 0.1) is 25.3 Å². The highest BCUT2D eigenvalue weighted by Gasteiger charge is 2.25. The van der Waals surface area contributed by atoms with Gasteiger partial charge in [0, 0.05) is 55.4 Å². The molecule has 0 unspecified atom stereocenters. The van der Waals surface area contributed by atoms with Crippen molar-refractivity contribution in [1.29, 1.82) is 0 Å². The molecule has 1 atom stereocenters. The number of carbonyl (C=O) groups excluding carboxylic acids is 1. The van der Waals surface area contributed by atoms with Crippen molar-refractivity contribution in [1.82, 2.24) is 20.3 Å². The van der Waals surface area contributed by atoms with Gasteiger partial charge in [0.1, 0.15) is 12.4 Å². The monoisotopic (exact) mass is 476 g/mol. The molecule has 0 bridgehead atoms. The SMILES string of the molecule is COc1ncc(-c2cccc3c2C[C@H](NC(=O)c2ccc(OCC4CCOCC4)nc2)CO3)cn1. The third-order valence-corrected chi connectivity index (χ3v) is 6.29. The molecule has 4 heterocycles. The summed E-state index contributed by atoms with van der Waals surface area (Å²) in [5.74, 6) is 1.61. The molecule has 1 saturated heterocycles. The molecular weight excluding hydrogens is 448 g/mol. The van der Waals surface area contributed by atoms with Crippen molar-refractivity contribution >= 4 is 5.91 Å². The average molecular weight is 477 g/mol. The number of carbonyl (C=O) groups is 1. The van der Waals surface area contributed by atoms with Gasteiger partial charge in [0.25, 0.3) is 5.91 Å². The Bertz CT molecular complexity index is 1150. The van der Waals surface area contributed by atoms with Crippen LogP contribution in [0.3, 0.4) is 0 Å². The number of nitrogens with zero attached hydrogens (tertiary/aromatic N) is 3. The number of hydrogen-bond donors (Lipinski definition) is 1. The summed E-state index contributed by atoms with van der Waals surface area (Å²) in [5.41, 5.74) is 3.31. The molecule has 0 radical (unpaired) electrons. The highest BCUT2D eigenvalue weighted by atomic mass is 16.5. The smallest absolute Gasteiger partial charge is 0.316 e. The zero-order chi connectivity index (χ0) is 24.0. The molecule has 1 aromatic carbocycles. The molecule has 182 valence electrons. The molecule has 1 amide bonds. The zero-order valence-electron chi connectivity index (χ0n) is 19.6. The number of ether oxygens (including phenoxy) is 4. The van der Waals surface area contributed by atoms with Crippen LogP contribution in [0.1, 0.15) is 28.8 Å². The van der Waals surface area contributed by atoms with Crippen LogP contribution in [-0.2, 0) is 11.2 Å². The van der Waals surface area contributed by atoms with Crippen LogP contribution in [-0.4, -0.2) is 60.4 Å². The molecule has 0 spiro atoms. The number of pyridine rings is 1. The van der Waals surface area contributed by atoms with E-state index in [4.69, 9.17) is 18.9 Å². The molecule has 2 aliphatic heterocycles. The van der Waals surface area contributed by atoms with Gasteiger partial charge in [-0.2, -0.15) is 0 Å². The van der Waals surface area contributed by atoms with Gasteiger partial charge in [0.15, 0.2) is 0 Å². The fourth-order valence-electron chi connectivity index (χ4n) is 4.32. The van der Waals surface area contributed by atoms with E-state index in [1.54, 1.807) is 30.7 Å². The van der Waals surface area contributed by atoms with Crippen molar-refractivity contribution in [3.63, 3.8) is 0 Å². The number of rotatable bonds is 7. The fourth-order valence-corrected chi connectivity index (χ4v) is 4.32. The highest BCUT2D eigenvalue weighted by Crippen LogP contribution is 2.34. The van der Waals surface area contributed by atoms with Gasteiger partial charge in [-0.05, 0) is 36.5 Å². The lowest BCUT2D eigenvalue weighted by Gasteiger charge is -2.28. The van der Waals surface area contributed by atoms with E-state index in [0.717, 1.165) is 48.5 Å². The van der Waals surface area contributed by atoms with E-state index < -0.39 is 0 Å². The van der Waals surface area contributed by atoms with E-state index in [-0.39, 0.29) is 11.9 Å². The topological polar surface area (TPSA) is 105 Å². The van der Waals surface area contributed by atoms with Crippen molar-refractivity contribution in [3.8, 4) is 28.8 Å². The summed E-state index contributed by atoms with van der Waals surface area (Å²) in [4.78, 5) is 25.6. The van der Waals surface area contributed by atoms with Crippen molar-refractivity contribution in [2.24, 2.45) is 5.92 Å². The first-order valence-electron chi connectivity index (χ1n) is 11.8. The molecule has 9 heteroatoms. The number of hydrogen-bond acceptors (Lipinski definition) is 8. The molecule has 35 heavy (non-hydrogen) atoms. The fraction of sp³-hybridized carbons (Fsp3) is 0.385. The second kappa shape index (κ2) is 10.7. The minimum absolute atomic E-state index is 0.181. The number of aromatic nitrogens is 3. The third kappa shape index (κ3) is 5.51.